The molecule has 1 nitrogen and oxygen atoms in total. The number of benzene rings is 1. The molecule has 0 spiro atoms. The summed E-state index contributed by atoms with van der Waals surface area (Å²) in [5.74, 6) is 1.10. The van der Waals surface area contributed by atoms with E-state index in [1.54, 1.807) is 11.3 Å². The van der Waals surface area contributed by atoms with E-state index in [1.165, 1.54) is 15.5 Å². The number of anilines is 1. The molecule has 2 aromatic rings. The summed E-state index contributed by atoms with van der Waals surface area (Å²) >= 11 is 7.12. The first kappa shape index (κ1) is 13.0. The second-order valence-electron chi connectivity index (χ2n) is 3.51. The standard InChI is InChI=1S/C13H14BrNS2/c1-2-16-13-6-4-3-5-12(13)15-8-11-7-10(14)9-17-11/h3-7,9,15H,2,8H2,1H3. The van der Waals surface area contributed by atoms with Gasteiger partial charge in [-0.2, -0.15) is 0 Å². The maximum atomic E-state index is 3.50. The predicted octanol–water partition coefficient (Wildman–Crippen LogP) is 5.23. The number of hydrogen-bond acceptors (Lipinski definition) is 3. The molecule has 0 atom stereocenters. The third kappa shape index (κ3) is 3.76. The van der Waals surface area contributed by atoms with Crippen LogP contribution in [0.4, 0.5) is 5.69 Å². The highest BCUT2D eigenvalue weighted by Gasteiger charge is 2.02. The second-order valence-corrected chi connectivity index (χ2v) is 6.73. The fourth-order valence-corrected chi connectivity index (χ4v) is 3.70. The molecule has 0 bridgehead atoms. The smallest absolute Gasteiger partial charge is 0.0494 e. The molecule has 0 fully saturated rings. The molecular weight excluding hydrogens is 314 g/mol. The number of rotatable bonds is 5. The van der Waals surface area contributed by atoms with Gasteiger partial charge in [0, 0.05) is 31.9 Å². The summed E-state index contributed by atoms with van der Waals surface area (Å²) in [4.78, 5) is 2.67. The summed E-state index contributed by atoms with van der Waals surface area (Å²) in [6.07, 6.45) is 0. The minimum atomic E-state index is 0.886. The van der Waals surface area contributed by atoms with Crippen LogP contribution in [0.3, 0.4) is 0 Å². The Hall–Kier alpha value is -0.450. The van der Waals surface area contributed by atoms with Crippen molar-refractivity contribution in [3.05, 3.63) is 45.1 Å². The van der Waals surface area contributed by atoms with E-state index in [4.69, 9.17) is 0 Å². The third-order valence-corrected chi connectivity index (χ3v) is 4.92. The van der Waals surface area contributed by atoms with Crippen LogP contribution in [0.5, 0.6) is 0 Å². The number of para-hydroxylation sites is 1. The summed E-state index contributed by atoms with van der Waals surface area (Å²) in [5, 5.41) is 5.61. The molecule has 0 aliphatic heterocycles. The van der Waals surface area contributed by atoms with Gasteiger partial charge in [0.15, 0.2) is 0 Å². The van der Waals surface area contributed by atoms with Gasteiger partial charge >= 0.3 is 0 Å². The quantitative estimate of drug-likeness (QED) is 0.754. The minimum absolute atomic E-state index is 0.886. The zero-order valence-corrected chi connectivity index (χ0v) is 12.8. The van der Waals surface area contributed by atoms with Crippen molar-refractivity contribution in [3.63, 3.8) is 0 Å². The lowest BCUT2D eigenvalue weighted by Crippen LogP contribution is -1.98. The van der Waals surface area contributed by atoms with Crippen molar-refractivity contribution < 1.29 is 0 Å². The molecule has 1 aromatic carbocycles. The van der Waals surface area contributed by atoms with Crippen LogP contribution in [-0.4, -0.2) is 5.75 Å². The molecule has 0 amide bonds. The van der Waals surface area contributed by atoms with Gasteiger partial charge in [0.1, 0.15) is 0 Å². The summed E-state index contributed by atoms with van der Waals surface area (Å²) in [6, 6.07) is 10.6. The summed E-state index contributed by atoms with van der Waals surface area (Å²) in [6.45, 7) is 3.06. The summed E-state index contributed by atoms with van der Waals surface area (Å²) in [7, 11) is 0. The maximum Gasteiger partial charge on any atom is 0.0494 e. The van der Waals surface area contributed by atoms with Crippen LogP contribution >= 0.6 is 39.0 Å². The molecule has 0 aliphatic rings. The Morgan fingerprint density at radius 1 is 1.35 bits per heavy atom. The average molecular weight is 328 g/mol. The topological polar surface area (TPSA) is 12.0 Å². The molecule has 0 radical (unpaired) electrons. The van der Waals surface area contributed by atoms with E-state index in [0.29, 0.717) is 0 Å². The molecule has 4 heteroatoms. The number of hydrogen-bond donors (Lipinski definition) is 1. The lowest BCUT2D eigenvalue weighted by Gasteiger charge is -2.09. The van der Waals surface area contributed by atoms with Crippen LogP contribution in [0, 0.1) is 0 Å². The largest absolute Gasteiger partial charge is 0.379 e. The average Bonchev–Trinajstić information content (AvgIpc) is 2.74. The highest BCUT2D eigenvalue weighted by atomic mass is 79.9. The lowest BCUT2D eigenvalue weighted by molar-refractivity contribution is 1.17. The summed E-state index contributed by atoms with van der Waals surface area (Å²) in [5.41, 5.74) is 1.23. The highest BCUT2D eigenvalue weighted by molar-refractivity contribution is 9.10. The predicted molar refractivity (Wildman–Crippen MR) is 82.2 cm³/mol. The van der Waals surface area contributed by atoms with Gasteiger partial charge in [0.25, 0.3) is 0 Å². The molecular formula is C13H14BrNS2. The molecule has 0 saturated heterocycles. The van der Waals surface area contributed by atoms with Crippen molar-refractivity contribution in [3.8, 4) is 0 Å². The van der Waals surface area contributed by atoms with Crippen LogP contribution in [0.15, 0.2) is 45.1 Å². The van der Waals surface area contributed by atoms with Crippen LogP contribution in [-0.2, 0) is 6.54 Å². The van der Waals surface area contributed by atoms with E-state index in [9.17, 15) is 0 Å². The van der Waals surface area contributed by atoms with Crippen LogP contribution in [0.2, 0.25) is 0 Å². The van der Waals surface area contributed by atoms with Crippen molar-refractivity contribution in [2.75, 3.05) is 11.1 Å². The Balaban J connectivity index is 2.03. The van der Waals surface area contributed by atoms with Crippen LogP contribution in [0.25, 0.3) is 0 Å². The van der Waals surface area contributed by atoms with Crippen molar-refractivity contribution in [1.29, 1.82) is 0 Å². The molecule has 0 saturated carbocycles. The zero-order valence-electron chi connectivity index (χ0n) is 9.57. The fourth-order valence-electron chi connectivity index (χ4n) is 1.52. The molecule has 1 heterocycles. The van der Waals surface area contributed by atoms with Gasteiger partial charge in [-0.05, 0) is 39.9 Å². The van der Waals surface area contributed by atoms with Gasteiger partial charge in [-0.1, -0.05) is 19.1 Å². The van der Waals surface area contributed by atoms with Gasteiger partial charge < -0.3 is 5.32 Å². The van der Waals surface area contributed by atoms with Gasteiger partial charge in [0.05, 0.1) is 0 Å². The summed E-state index contributed by atoms with van der Waals surface area (Å²) < 4.78 is 1.16. The van der Waals surface area contributed by atoms with Crippen molar-refractivity contribution in [2.45, 2.75) is 18.4 Å². The number of thioether (sulfide) groups is 1. The molecule has 17 heavy (non-hydrogen) atoms. The molecule has 0 aliphatic carbocycles. The van der Waals surface area contributed by atoms with Crippen molar-refractivity contribution >= 4 is 44.7 Å². The number of nitrogens with one attached hydrogen (secondary N) is 1. The van der Waals surface area contributed by atoms with Crippen LogP contribution in [0.1, 0.15) is 11.8 Å². The number of thiophene rings is 1. The van der Waals surface area contributed by atoms with Gasteiger partial charge in [-0.25, -0.2) is 0 Å². The Morgan fingerprint density at radius 3 is 2.88 bits per heavy atom. The zero-order chi connectivity index (χ0) is 12.1. The Morgan fingerprint density at radius 2 is 2.18 bits per heavy atom. The van der Waals surface area contributed by atoms with Gasteiger partial charge in [-0.15, -0.1) is 23.1 Å². The normalized spacial score (nSPS) is 10.5. The van der Waals surface area contributed by atoms with Crippen LogP contribution < -0.4 is 5.32 Å². The van der Waals surface area contributed by atoms with Gasteiger partial charge in [0.2, 0.25) is 0 Å². The van der Waals surface area contributed by atoms with E-state index in [2.05, 4.69) is 63.9 Å². The Kier molecular flexibility index (Phi) is 4.95. The second kappa shape index (κ2) is 6.47. The Labute approximate surface area is 119 Å². The maximum absolute atomic E-state index is 3.50. The van der Waals surface area contributed by atoms with Crippen molar-refractivity contribution in [2.24, 2.45) is 0 Å². The van der Waals surface area contributed by atoms with Crippen molar-refractivity contribution in [1.82, 2.24) is 0 Å². The third-order valence-electron chi connectivity index (χ3n) is 2.26. The van der Waals surface area contributed by atoms with E-state index >= 15 is 0 Å². The Bertz CT molecular complexity index is 482. The highest BCUT2D eigenvalue weighted by Crippen LogP contribution is 2.28. The van der Waals surface area contributed by atoms with E-state index in [-0.39, 0.29) is 0 Å². The molecule has 2 rings (SSSR count). The first-order valence-corrected chi connectivity index (χ1v) is 8.14. The van der Waals surface area contributed by atoms with E-state index < -0.39 is 0 Å². The van der Waals surface area contributed by atoms with Gasteiger partial charge in [-0.3, -0.25) is 0 Å². The molecule has 1 aromatic heterocycles. The lowest BCUT2D eigenvalue weighted by atomic mass is 10.3. The first-order chi connectivity index (χ1) is 8.29. The number of halogens is 1. The molecule has 0 unspecified atom stereocenters. The fraction of sp³-hybridized carbons (Fsp3) is 0.231. The van der Waals surface area contributed by atoms with E-state index in [1.807, 2.05) is 11.8 Å². The SMILES string of the molecule is CCSc1ccccc1NCc1cc(Br)cs1. The molecule has 1 N–H and O–H groups in total. The first-order valence-electron chi connectivity index (χ1n) is 5.48. The molecule has 90 valence electrons. The minimum Gasteiger partial charge on any atom is -0.379 e. The monoisotopic (exact) mass is 327 g/mol. The van der Waals surface area contributed by atoms with E-state index in [0.717, 1.165) is 16.8 Å².